The highest BCUT2D eigenvalue weighted by Crippen LogP contribution is 2.34. The van der Waals surface area contributed by atoms with E-state index >= 15 is 0 Å². The molecule has 0 N–H and O–H groups in total. The predicted molar refractivity (Wildman–Crippen MR) is 69.8 cm³/mol. The minimum atomic E-state index is 0.150. The molecule has 18 heavy (non-hydrogen) atoms. The van der Waals surface area contributed by atoms with Crippen LogP contribution in [0.4, 0.5) is 0 Å². The van der Waals surface area contributed by atoms with Crippen LogP contribution in [0, 0.1) is 11.8 Å². The third-order valence-corrected chi connectivity index (χ3v) is 4.15. The minimum Gasteiger partial charge on any atom is -0.493 e. The van der Waals surface area contributed by atoms with Gasteiger partial charge in [0.1, 0.15) is 5.69 Å². The highest BCUT2D eigenvalue weighted by molar-refractivity contribution is 5.98. The Kier molecular flexibility index (Phi) is 4.04. The Labute approximate surface area is 108 Å². The van der Waals surface area contributed by atoms with Gasteiger partial charge in [-0.25, -0.2) is 0 Å². The summed E-state index contributed by atoms with van der Waals surface area (Å²) in [5.74, 6) is 1.75. The van der Waals surface area contributed by atoms with Crippen LogP contribution in [0.2, 0.25) is 0 Å². The molecule has 0 atom stereocenters. The fraction of sp³-hybridized carbons (Fsp3) is 0.714. The van der Waals surface area contributed by atoms with Gasteiger partial charge in [-0.15, -0.1) is 0 Å². The number of Topliss-reactive ketones (excluding diaryl/α,β-unsaturated/α-hetero) is 1. The lowest BCUT2D eigenvalue weighted by Gasteiger charge is -2.26. The number of hydrogen-bond donors (Lipinski definition) is 0. The molecule has 0 amide bonds. The molecule has 0 radical (unpaired) electrons. The molecule has 0 bridgehead atoms. The first-order valence-corrected chi connectivity index (χ1v) is 6.77. The predicted octanol–water partition coefficient (Wildman–Crippen LogP) is 2.83. The summed E-state index contributed by atoms with van der Waals surface area (Å²) in [5, 5.41) is 4.11. The second-order valence-electron chi connectivity index (χ2n) is 5.18. The third-order valence-electron chi connectivity index (χ3n) is 4.15. The maximum Gasteiger partial charge on any atom is 0.187 e. The SMILES string of the molecule is CCC1CCC(C(=O)c2c(OC)cnn2C)CC1. The van der Waals surface area contributed by atoms with E-state index in [1.165, 1.54) is 19.3 Å². The third kappa shape index (κ3) is 2.42. The summed E-state index contributed by atoms with van der Waals surface area (Å²) < 4.78 is 6.85. The summed E-state index contributed by atoms with van der Waals surface area (Å²) in [7, 11) is 3.38. The highest BCUT2D eigenvalue weighted by Gasteiger charge is 2.29. The van der Waals surface area contributed by atoms with Gasteiger partial charge in [-0.3, -0.25) is 9.48 Å². The Morgan fingerprint density at radius 1 is 1.44 bits per heavy atom. The molecule has 0 unspecified atom stereocenters. The average Bonchev–Trinajstić information content (AvgIpc) is 2.79. The van der Waals surface area contributed by atoms with Gasteiger partial charge in [0.2, 0.25) is 0 Å². The van der Waals surface area contributed by atoms with Crippen LogP contribution in [0.3, 0.4) is 0 Å². The maximum atomic E-state index is 12.5. The fourth-order valence-corrected chi connectivity index (χ4v) is 2.87. The second-order valence-corrected chi connectivity index (χ2v) is 5.18. The lowest BCUT2D eigenvalue weighted by atomic mass is 9.78. The van der Waals surface area contributed by atoms with Gasteiger partial charge in [0.05, 0.1) is 13.3 Å². The minimum absolute atomic E-state index is 0.150. The van der Waals surface area contributed by atoms with Crippen molar-refractivity contribution in [1.82, 2.24) is 9.78 Å². The van der Waals surface area contributed by atoms with Gasteiger partial charge in [-0.1, -0.05) is 13.3 Å². The van der Waals surface area contributed by atoms with Crippen molar-refractivity contribution in [2.75, 3.05) is 7.11 Å². The molecule has 1 aromatic rings. The fourth-order valence-electron chi connectivity index (χ4n) is 2.87. The molecule has 0 saturated heterocycles. The number of ether oxygens (including phenoxy) is 1. The highest BCUT2D eigenvalue weighted by atomic mass is 16.5. The quantitative estimate of drug-likeness (QED) is 0.772. The molecule has 1 heterocycles. The Morgan fingerprint density at radius 3 is 2.67 bits per heavy atom. The summed E-state index contributed by atoms with van der Waals surface area (Å²) >= 11 is 0. The number of aromatic nitrogens is 2. The summed E-state index contributed by atoms with van der Waals surface area (Å²) in [5.41, 5.74) is 0.623. The Balaban J connectivity index is 2.10. The molecule has 100 valence electrons. The number of nitrogens with zero attached hydrogens (tertiary/aromatic N) is 2. The van der Waals surface area contributed by atoms with Crippen molar-refractivity contribution >= 4 is 5.78 Å². The largest absolute Gasteiger partial charge is 0.493 e. The van der Waals surface area contributed by atoms with Crippen LogP contribution in [0.25, 0.3) is 0 Å². The molecule has 1 aliphatic rings. The second kappa shape index (κ2) is 5.55. The monoisotopic (exact) mass is 250 g/mol. The smallest absolute Gasteiger partial charge is 0.187 e. The molecule has 4 nitrogen and oxygen atoms in total. The summed E-state index contributed by atoms with van der Waals surface area (Å²) in [4.78, 5) is 12.5. The molecular weight excluding hydrogens is 228 g/mol. The average molecular weight is 250 g/mol. The topological polar surface area (TPSA) is 44.1 Å². The number of methoxy groups -OCH3 is 1. The first-order chi connectivity index (χ1) is 8.67. The van der Waals surface area contributed by atoms with Crippen LogP contribution in [0.1, 0.15) is 49.5 Å². The van der Waals surface area contributed by atoms with Crippen molar-refractivity contribution in [1.29, 1.82) is 0 Å². The molecule has 0 aromatic carbocycles. The molecule has 1 saturated carbocycles. The van der Waals surface area contributed by atoms with Crippen LogP contribution in [-0.4, -0.2) is 22.7 Å². The van der Waals surface area contributed by atoms with E-state index in [0.717, 1.165) is 18.8 Å². The molecule has 1 aliphatic carbocycles. The summed E-state index contributed by atoms with van der Waals surface area (Å²) in [6.07, 6.45) is 7.21. The van der Waals surface area contributed by atoms with Crippen molar-refractivity contribution in [3.8, 4) is 5.75 Å². The lowest BCUT2D eigenvalue weighted by molar-refractivity contribution is 0.0858. The van der Waals surface area contributed by atoms with Crippen LogP contribution in [0.5, 0.6) is 5.75 Å². The van der Waals surface area contributed by atoms with Gasteiger partial charge in [-0.05, 0) is 31.6 Å². The van der Waals surface area contributed by atoms with Gasteiger partial charge in [0.25, 0.3) is 0 Å². The van der Waals surface area contributed by atoms with E-state index in [0.29, 0.717) is 11.4 Å². The molecule has 0 spiro atoms. The molecule has 0 aliphatic heterocycles. The van der Waals surface area contributed by atoms with Crippen molar-refractivity contribution in [2.24, 2.45) is 18.9 Å². The molecule has 2 rings (SSSR count). The van der Waals surface area contributed by atoms with E-state index in [1.54, 1.807) is 25.0 Å². The normalized spacial score (nSPS) is 23.9. The standard InChI is InChI=1S/C14H22N2O2/c1-4-10-5-7-11(8-6-10)14(17)13-12(18-3)9-15-16(13)2/h9-11H,4-8H2,1-3H3. The zero-order chi connectivity index (χ0) is 13.1. The van der Waals surface area contributed by atoms with E-state index in [9.17, 15) is 4.79 Å². The van der Waals surface area contributed by atoms with Crippen molar-refractivity contribution in [2.45, 2.75) is 39.0 Å². The Hall–Kier alpha value is -1.32. The summed E-state index contributed by atoms with van der Waals surface area (Å²) in [6, 6.07) is 0. The van der Waals surface area contributed by atoms with E-state index in [4.69, 9.17) is 4.74 Å². The Morgan fingerprint density at radius 2 is 2.11 bits per heavy atom. The molecule has 1 fully saturated rings. The van der Waals surface area contributed by atoms with Crippen LogP contribution < -0.4 is 4.74 Å². The van der Waals surface area contributed by atoms with E-state index in [1.807, 2.05) is 0 Å². The number of rotatable bonds is 4. The van der Waals surface area contributed by atoms with Crippen molar-refractivity contribution < 1.29 is 9.53 Å². The molecule has 4 heteroatoms. The Bertz CT molecular complexity index is 417. The maximum absolute atomic E-state index is 12.5. The van der Waals surface area contributed by atoms with Gasteiger partial charge in [0, 0.05) is 13.0 Å². The van der Waals surface area contributed by atoms with Crippen molar-refractivity contribution in [3.05, 3.63) is 11.9 Å². The van der Waals surface area contributed by atoms with E-state index < -0.39 is 0 Å². The van der Waals surface area contributed by atoms with Crippen LogP contribution in [0.15, 0.2) is 6.20 Å². The lowest BCUT2D eigenvalue weighted by Crippen LogP contribution is -2.24. The van der Waals surface area contributed by atoms with Crippen molar-refractivity contribution in [3.63, 3.8) is 0 Å². The zero-order valence-electron chi connectivity index (χ0n) is 11.5. The molecular formula is C14H22N2O2. The van der Waals surface area contributed by atoms with Gasteiger partial charge >= 0.3 is 0 Å². The number of ketones is 1. The van der Waals surface area contributed by atoms with Crippen LogP contribution in [-0.2, 0) is 7.05 Å². The first kappa shape index (κ1) is 13.1. The van der Waals surface area contributed by atoms with Crippen LogP contribution >= 0.6 is 0 Å². The van der Waals surface area contributed by atoms with Gasteiger partial charge in [-0.2, -0.15) is 5.10 Å². The number of carbonyl (C=O) groups excluding carboxylic acids is 1. The first-order valence-electron chi connectivity index (χ1n) is 6.77. The van der Waals surface area contributed by atoms with E-state index in [-0.39, 0.29) is 11.7 Å². The molecule has 1 aromatic heterocycles. The number of hydrogen-bond acceptors (Lipinski definition) is 3. The number of carbonyl (C=O) groups is 1. The summed E-state index contributed by atoms with van der Waals surface area (Å²) in [6.45, 7) is 2.23. The van der Waals surface area contributed by atoms with E-state index in [2.05, 4.69) is 12.0 Å². The van der Waals surface area contributed by atoms with Gasteiger partial charge in [0.15, 0.2) is 11.5 Å². The number of aryl methyl sites for hydroxylation is 1. The zero-order valence-corrected chi connectivity index (χ0v) is 11.5. The van der Waals surface area contributed by atoms with Gasteiger partial charge < -0.3 is 4.74 Å².